The van der Waals surface area contributed by atoms with Gasteiger partial charge in [0.05, 0.1) is 12.0 Å². The van der Waals surface area contributed by atoms with Crippen LogP contribution in [0.4, 0.5) is 0 Å². The second kappa shape index (κ2) is 3.53. The Bertz CT molecular complexity index is 434. The van der Waals surface area contributed by atoms with Gasteiger partial charge >= 0.3 is 0 Å². The van der Waals surface area contributed by atoms with E-state index in [1.807, 2.05) is 32.0 Å². The lowest BCUT2D eigenvalue weighted by Crippen LogP contribution is -2.34. The number of hydrogen-bond donors (Lipinski definition) is 0. The highest BCUT2D eigenvalue weighted by atomic mass is 79.9. The average molecular weight is 266 g/mol. The van der Waals surface area contributed by atoms with Crippen LogP contribution >= 0.6 is 15.9 Å². The Hall–Kier alpha value is -1.01. The molecule has 2 rings (SSSR count). The van der Waals surface area contributed by atoms with E-state index in [4.69, 9.17) is 10.00 Å². The van der Waals surface area contributed by atoms with Crippen LogP contribution in [0.3, 0.4) is 0 Å². The minimum absolute atomic E-state index is 0.0585. The van der Waals surface area contributed by atoms with Crippen LogP contribution in [0.2, 0.25) is 0 Å². The van der Waals surface area contributed by atoms with E-state index in [0.717, 1.165) is 22.2 Å². The van der Waals surface area contributed by atoms with Crippen molar-refractivity contribution in [3.63, 3.8) is 0 Å². The molecule has 1 heterocycles. The van der Waals surface area contributed by atoms with Crippen LogP contribution < -0.4 is 4.74 Å². The number of benzene rings is 1. The molecule has 0 saturated heterocycles. The van der Waals surface area contributed by atoms with E-state index in [0.29, 0.717) is 0 Å². The number of fused-ring (bicyclic) bond motifs is 1. The van der Waals surface area contributed by atoms with Gasteiger partial charge < -0.3 is 4.74 Å². The van der Waals surface area contributed by atoms with E-state index in [1.165, 1.54) is 0 Å². The van der Waals surface area contributed by atoms with Crippen molar-refractivity contribution < 1.29 is 4.74 Å². The molecule has 0 spiro atoms. The predicted octanol–water partition coefficient (Wildman–Crippen LogP) is 3.62. The molecule has 0 fully saturated rings. The molecule has 78 valence electrons. The van der Waals surface area contributed by atoms with E-state index in [1.54, 1.807) is 0 Å². The number of rotatable bonds is 0. The van der Waals surface area contributed by atoms with E-state index < -0.39 is 0 Å². The summed E-state index contributed by atoms with van der Waals surface area (Å²) < 4.78 is 6.83. The summed E-state index contributed by atoms with van der Waals surface area (Å²) >= 11 is 3.41. The lowest BCUT2D eigenvalue weighted by Gasteiger charge is -2.35. The van der Waals surface area contributed by atoms with Crippen molar-refractivity contribution in [1.29, 1.82) is 5.26 Å². The standard InChI is InChI=1S/C12H12BrNO/c1-12(2)6-8(7-14)10-4-3-9(13)5-11(10)15-12/h3-5,8H,6H2,1-2H3. The summed E-state index contributed by atoms with van der Waals surface area (Å²) in [7, 11) is 0. The van der Waals surface area contributed by atoms with Crippen molar-refractivity contribution in [3.8, 4) is 11.8 Å². The average Bonchev–Trinajstić information content (AvgIpc) is 2.14. The maximum Gasteiger partial charge on any atom is 0.125 e. The largest absolute Gasteiger partial charge is 0.487 e. The second-order valence-corrected chi connectivity index (χ2v) is 5.35. The maximum absolute atomic E-state index is 9.12. The molecule has 15 heavy (non-hydrogen) atoms. The van der Waals surface area contributed by atoms with Gasteiger partial charge in [0.1, 0.15) is 11.4 Å². The van der Waals surface area contributed by atoms with Crippen LogP contribution in [-0.2, 0) is 0 Å². The molecule has 0 amide bonds. The minimum Gasteiger partial charge on any atom is -0.487 e. The lowest BCUT2D eigenvalue weighted by molar-refractivity contribution is 0.0793. The third-order valence-electron chi connectivity index (χ3n) is 2.59. The summed E-state index contributed by atoms with van der Waals surface area (Å²) in [5.74, 6) is 0.768. The first-order chi connectivity index (χ1) is 7.02. The summed E-state index contributed by atoms with van der Waals surface area (Å²) in [4.78, 5) is 0. The fraction of sp³-hybridized carbons (Fsp3) is 0.417. The van der Waals surface area contributed by atoms with Crippen molar-refractivity contribution in [2.45, 2.75) is 31.8 Å². The summed E-state index contributed by atoms with van der Waals surface area (Å²) in [6.45, 7) is 4.03. The molecule has 1 aromatic carbocycles. The zero-order valence-electron chi connectivity index (χ0n) is 8.75. The molecule has 0 N–H and O–H groups in total. The maximum atomic E-state index is 9.12. The van der Waals surface area contributed by atoms with E-state index in [-0.39, 0.29) is 11.5 Å². The Morgan fingerprint density at radius 2 is 2.27 bits per heavy atom. The van der Waals surface area contributed by atoms with E-state index in [2.05, 4.69) is 22.0 Å². The Labute approximate surface area is 98.0 Å². The van der Waals surface area contributed by atoms with E-state index >= 15 is 0 Å². The molecule has 3 heteroatoms. The molecular formula is C12H12BrNO. The fourth-order valence-electron chi connectivity index (χ4n) is 1.94. The highest BCUT2D eigenvalue weighted by molar-refractivity contribution is 9.10. The summed E-state index contributed by atoms with van der Waals surface area (Å²) in [6, 6.07) is 8.18. The first-order valence-corrected chi connectivity index (χ1v) is 5.69. The molecule has 1 unspecified atom stereocenters. The lowest BCUT2D eigenvalue weighted by atomic mass is 9.85. The van der Waals surface area contributed by atoms with Gasteiger partial charge in [0.15, 0.2) is 0 Å². The fourth-order valence-corrected chi connectivity index (χ4v) is 2.28. The quantitative estimate of drug-likeness (QED) is 0.718. The monoisotopic (exact) mass is 265 g/mol. The van der Waals surface area contributed by atoms with Crippen LogP contribution in [0, 0.1) is 11.3 Å². The smallest absolute Gasteiger partial charge is 0.125 e. The van der Waals surface area contributed by atoms with Crippen molar-refractivity contribution in [1.82, 2.24) is 0 Å². The van der Waals surface area contributed by atoms with Crippen LogP contribution in [0.15, 0.2) is 22.7 Å². The van der Waals surface area contributed by atoms with Crippen LogP contribution in [0.1, 0.15) is 31.7 Å². The van der Waals surface area contributed by atoms with Gasteiger partial charge in [0.2, 0.25) is 0 Å². The highest BCUT2D eigenvalue weighted by Gasteiger charge is 2.33. The number of nitriles is 1. The van der Waals surface area contributed by atoms with Crippen LogP contribution in [0.25, 0.3) is 0 Å². The zero-order chi connectivity index (χ0) is 11.1. The minimum atomic E-state index is -0.256. The van der Waals surface area contributed by atoms with Gasteiger partial charge in [0, 0.05) is 16.5 Å². The molecule has 0 radical (unpaired) electrons. The van der Waals surface area contributed by atoms with Crippen LogP contribution in [-0.4, -0.2) is 5.60 Å². The van der Waals surface area contributed by atoms with Gasteiger partial charge in [-0.25, -0.2) is 0 Å². The Kier molecular flexibility index (Phi) is 2.47. The summed E-state index contributed by atoms with van der Waals surface area (Å²) in [6.07, 6.45) is 0.748. The molecule has 1 aliphatic heterocycles. The normalized spacial score (nSPS) is 22.4. The zero-order valence-corrected chi connectivity index (χ0v) is 10.3. The molecule has 0 aromatic heterocycles. The number of hydrogen-bond acceptors (Lipinski definition) is 2. The number of halogens is 1. The molecule has 0 saturated carbocycles. The van der Waals surface area contributed by atoms with E-state index in [9.17, 15) is 0 Å². The summed E-state index contributed by atoms with van der Waals surface area (Å²) in [5.41, 5.74) is 0.744. The van der Waals surface area contributed by atoms with Crippen molar-refractivity contribution in [2.24, 2.45) is 0 Å². The molecule has 2 nitrogen and oxygen atoms in total. The van der Waals surface area contributed by atoms with Gasteiger partial charge in [-0.05, 0) is 26.0 Å². The molecule has 1 aromatic rings. The van der Waals surface area contributed by atoms with Crippen molar-refractivity contribution in [3.05, 3.63) is 28.2 Å². The second-order valence-electron chi connectivity index (χ2n) is 4.43. The van der Waals surface area contributed by atoms with Gasteiger partial charge in [-0.3, -0.25) is 0 Å². The Balaban J connectivity index is 2.50. The third kappa shape index (κ3) is 2.00. The Morgan fingerprint density at radius 1 is 1.53 bits per heavy atom. The topological polar surface area (TPSA) is 33.0 Å². The SMILES string of the molecule is CC1(C)CC(C#N)c2ccc(Br)cc2O1. The van der Waals surface area contributed by atoms with Gasteiger partial charge in [-0.15, -0.1) is 0 Å². The molecule has 0 aliphatic carbocycles. The van der Waals surface area contributed by atoms with Crippen molar-refractivity contribution in [2.75, 3.05) is 0 Å². The third-order valence-corrected chi connectivity index (χ3v) is 3.08. The van der Waals surface area contributed by atoms with Crippen LogP contribution in [0.5, 0.6) is 5.75 Å². The summed E-state index contributed by atoms with van der Waals surface area (Å²) in [5, 5.41) is 9.12. The Morgan fingerprint density at radius 3 is 2.93 bits per heavy atom. The first kappa shape index (κ1) is 10.5. The first-order valence-electron chi connectivity index (χ1n) is 4.90. The molecule has 1 atom stereocenters. The number of ether oxygens (including phenoxy) is 1. The highest BCUT2D eigenvalue weighted by Crippen LogP contribution is 2.41. The molecule has 0 bridgehead atoms. The molecule has 1 aliphatic rings. The van der Waals surface area contributed by atoms with Gasteiger partial charge in [-0.1, -0.05) is 22.0 Å². The molecular weight excluding hydrogens is 254 g/mol. The predicted molar refractivity (Wildman–Crippen MR) is 61.8 cm³/mol. The van der Waals surface area contributed by atoms with Gasteiger partial charge in [-0.2, -0.15) is 5.26 Å². The van der Waals surface area contributed by atoms with Crippen molar-refractivity contribution >= 4 is 15.9 Å². The van der Waals surface area contributed by atoms with Gasteiger partial charge in [0.25, 0.3) is 0 Å². The number of nitrogens with zero attached hydrogens (tertiary/aromatic N) is 1.